The summed E-state index contributed by atoms with van der Waals surface area (Å²) in [6, 6.07) is 0. The van der Waals surface area contributed by atoms with Crippen LogP contribution in [-0.2, 0) is 14.3 Å². The van der Waals surface area contributed by atoms with Gasteiger partial charge in [0.2, 0.25) is 5.91 Å². The lowest BCUT2D eigenvalue weighted by Gasteiger charge is -2.11. The fraction of sp³-hybridized carbons (Fsp3) is 0.917. The van der Waals surface area contributed by atoms with Gasteiger partial charge in [0.05, 0.1) is 19.3 Å². The van der Waals surface area contributed by atoms with Gasteiger partial charge in [-0.05, 0) is 25.3 Å². The standard InChI is InChI=1S/C12H24N2O3.ClH/c1-10(7-13)8-14-12(15)4-6-16-9-11-3-2-5-17-11;/h10-11H,2-9,13H2,1H3,(H,14,15);1H. The maximum Gasteiger partial charge on any atom is 0.222 e. The maximum absolute atomic E-state index is 11.4. The van der Waals surface area contributed by atoms with E-state index in [-0.39, 0.29) is 24.4 Å². The zero-order chi connectivity index (χ0) is 12.5. The first-order chi connectivity index (χ1) is 8.22. The summed E-state index contributed by atoms with van der Waals surface area (Å²) >= 11 is 0. The topological polar surface area (TPSA) is 73.6 Å². The molecule has 3 N–H and O–H groups in total. The summed E-state index contributed by atoms with van der Waals surface area (Å²) in [6.45, 7) is 5.14. The number of hydrogen-bond acceptors (Lipinski definition) is 4. The number of amides is 1. The van der Waals surface area contributed by atoms with E-state index in [9.17, 15) is 4.79 Å². The Kier molecular flexibility index (Phi) is 10.3. The van der Waals surface area contributed by atoms with Crippen molar-refractivity contribution in [2.24, 2.45) is 11.7 Å². The average molecular weight is 281 g/mol. The molecule has 0 radical (unpaired) electrons. The Labute approximate surface area is 115 Å². The Morgan fingerprint density at radius 1 is 1.61 bits per heavy atom. The van der Waals surface area contributed by atoms with Gasteiger partial charge < -0.3 is 20.5 Å². The third kappa shape index (κ3) is 7.87. The van der Waals surface area contributed by atoms with Gasteiger partial charge in [0, 0.05) is 19.6 Å². The molecule has 5 nitrogen and oxygen atoms in total. The van der Waals surface area contributed by atoms with Gasteiger partial charge in [-0.3, -0.25) is 4.79 Å². The van der Waals surface area contributed by atoms with Gasteiger partial charge >= 0.3 is 0 Å². The molecule has 1 saturated heterocycles. The molecule has 0 aromatic rings. The first kappa shape index (κ1) is 17.6. The minimum atomic E-state index is 0. The van der Waals surface area contributed by atoms with Crippen molar-refractivity contribution >= 4 is 18.3 Å². The molecule has 0 spiro atoms. The molecule has 0 aromatic heterocycles. The van der Waals surface area contributed by atoms with Crippen LogP contribution in [0.4, 0.5) is 0 Å². The van der Waals surface area contributed by atoms with Crippen molar-refractivity contribution in [3.05, 3.63) is 0 Å². The van der Waals surface area contributed by atoms with Crippen molar-refractivity contribution in [2.75, 3.05) is 32.9 Å². The monoisotopic (exact) mass is 280 g/mol. The molecule has 0 aromatic carbocycles. The Bertz CT molecular complexity index is 223. The number of nitrogens with one attached hydrogen (secondary N) is 1. The van der Waals surface area contributed by atoms with Crippen LogP contribution in [0, 0.1) is 5.92 Å². The predicted molar refractivity (Wildman–Crippen MR) is 72.9 cm³/mol. The molecular formula is C12H25ClN2O3. The molecule has 1 heterocycles. The molecule has 1 fully saturated rings. The number of hydrogen-bond donors (Lipinski definition) is 2. The van der Waals surface area contributed by atoms with E-state index >= 15 is 0 Å². The molecule has 6 heteroatoms. The van der Waals surface area contributed by atoms with E-state index in [1.165, 1.54) is 0 Å². The molecule has 108 valence electrons. The van der Waals surface area contributed by atoms with Crippen molar-refractivity contribution in [1.82, 2.24) is 5.32 Å². The van der Waals surface area contributed by atoms with E-state index in [0.29, 0.717) is 38.6 Å². The van der Waals surface area contributed by atoms with Crippen molar-refractivity contribution in [1.29, 1.82) is 0 Å². The summed E-state index contributed by atoms with van der Waals surface area (Å²) in [5.74, 6) is 0.351. The Morgan fingerprint density at radius 3 is 3.00 bits per heavy atom. The maximum atomic E-state index is 11.4. The van der Waals surface area contributed by atoms with Crippen molar-refractivity contribution in [3.63, 3.8) is 0 Å². The Morgan fingerprint density at radius 2 is 2.39 bits per heavy atom. The lowest BCUT2D eigenvalue weighted by atomic mass is 10.2. The molecule has 0 saturated carbocycles. The zero-order valence-corrected chi connectivity index (χ0v) is 11.8. The van der Waals surface area contributed by atoms with E-state index in [1.807, 2.05) is 6.92 Å². The quantitative estimate of drug-likeness (QED) is 0.642. The average Bonchev–Trinajstić information content (AvgIpc) is 2.84. The fourth-order valence-corrected chi connectivity index (χ4v) is 1.62. The van der Waals surface area contributed by atoms with Crippen LogP contribution in [0.15, 0.2) is 0 Å². The molecule has 0 aliphatic carbocycles. The largest absolute Gasteiger partial charge is 0.378 e. The van der Waals surface area contributed by atoms with Crippen LogP contribution in [0.3, 0.4) is 0 Å². The van der Waals surface area contributed by atoms with Crippen molar-refractivity contribution in [3.8, 4) is 0 Å². The molecule has 2 unspecified atom stereocenters. The smallest absolute Gasteiger partial charge is 0.222 e. The minimum absolute atomic E-state index is 0. The van der Waals surface area contributed by atoms with Crippen LogP contribution in [0.2, 0.25) is 0 Å². The minimum Gasteiger partial charge on any atom is -0.378 e. The van der Waals surface area contributed by atoms with Crippen LogP contribution >= 0.6 is 12.4 Å². The van der Waals surface area contributed by atoms with Crippen LogP contribution in [0.5, 0.6) is 0 Å². The van der Waals surface area contributed by atoms with Gasteiger partial charge in [0.15, 0.2) is 0 Å². The summed E-state index contributed by atoms with van der Waals surface area (Å²) in [6.07, 6.45) is 2.82. The summed E-state index contributed by atoms with van der Waals surface area (Å²) in [4.78, 5) is 11.4. The van der Waals surface area contributed by atoms with Crippen molar-refractivity contribution < 1.29 is 14.3 Å². The van der Waals surface area contributed by atoms with E-state index in [4.69, 9.17) is 15.2 Å². The van der Waals surface area contributed by atoms with E-state index in [1.54, 1.807) is 0 Å². The number of nitrogens with two attached hydrogens (primary N) is 1. The molecule has 0 bridgehead atoms. The van der Waals surface area contributed by atoms with Gasteiger partial charge in [-0.2, -0.15) is 0 Å². The Hall–Kier alpha value is -0.360. The van der Waals surface area contributed by atoms with Gasteiger partial charge in [-0.1, -0.05) is 6.92 Å². The Balaban J connectivity index is 0.00000289. The second kappa shape index (κ2) is 10.6. The van der Waals surface area contributed by atoms with Gasteiger partial charge in [0.1, 0.15) is 0 Å². The molecule has 18 heavy (non-hydrogen) atoms. The molecule has 1 aliphatic rings. The summed E-state index contributed by atoms with van der Waals surface area (Å²) in [7, 11) is 0. The summed E-state index contributed by atoms with van der Waals surface area (Å²) in [5.41, 5.74) is 5.46. The molecule has 1 rings (SSSR count). The number of ether oxygens (including phenoxy) is 2. The van der Waals surface area contributed by atoms with Gasteiger partial charge in [0.25, 0.3) is 0 Å². The molecule has 1 aliphatic heterocycles. The predicted octanol–water partition coefficient (Wildman–Crippen LogP) is 0.705. The van der Waals surface area contributed by atoms with E-state index in [2.05, 4.69) is 5.32 Å². The highest BCUT2D eigenvalue weighted by Gasteiger charge is 2.15. The SMILES string of the molecule is CC(CN)CNC(=O)CCOCC1CCCO1.Cl. The second-order valence-corrected chi connectivity index (χ2v) is 4.60. The highest BCUT2D eigenvalue weighted by atomic mass is 35.5. The van der Waals surface area contributed by atoms with E-state index < -0.39 is 0 Å². The van der Waals surface area contributed by atoms with Gasteiger partial charge in [-0.25, -0.2) is 0 Å². The van der Waals surface area contributed by atoms with Crippen LogP contribution in [0.1, 0.15) is 26.2 Å². The number of carbonyl (C=O) groups is 1. The second-order valence-electron chi connectivity index (χ2n) is 4.60. The third-order valence-electron chi connectivity index (χ3n) is 2.85. The summed E-state index contributed by atoms with van der Waals surface area (Å²) in [5, 5.41) is 2.83. The lowest BCUT2D eigenvalue weighted by Crippen LogP contribution is -2.32. The van der Waals surface area contributed by atoms with E-state index in [0.717, 1.165) is 19.4 Å². The van der Waals surface area contributed by atoms with Crippen LogP contribution in [-0.4, -0.2) is 44.9 Å². The number of carbonyl (C=O) groups excluding carboxylic acids is 1. The lowest BCUT2D eigenvalue weighted by molar-refractivity contribution is -0.122. The van der Waals surface area contributed by atoms with Crippen LogP contribution in [0.25, 0.3) is 0 Å². The molecule has 2 atom stereocenters. The zero-order valence-electron chi connectivity index (χ0n) is 11.0. The van der Waals surface area contributed by atoms with Gasteiger partial charge in [-0.15, -0.1) is 12.4 Å². The molecule has 1 amide bonds. The third-order valence-corrected chi connectivity index (χ3v) is 2.85. The number of rotatable bonds is 8. The molecular weight excluding hydrogens is 256 g/mol. The highest BCUT2D eigenvalue weighted by molar-refractivity contribution is 5.85. The first-order valence-corrected chi connectivity index (χ1v) is 6.38. The highest BCUT2D eigenvalue weighted by Crippen LogP contribution is 2.11. The number of halogens is 1. The summed E-state index contributed by atoms with van der Waals surface area (Å²) < 4.78 is 10.8. The first-order valence-electron chi connectivity index (χ1n) is 6.38. The normalized spacial score (nSPS) is 20.2. The van der Waals surface area contributed by atoms with Crippen LogP contribution < -0.4 is 11.1 Å². The van der Waals surface area contributed by atoms with Crippen molar-refractivity contribution in [2.45, 2.75) is 32.3 Å². The fourth-order valence-electron chi connectivity index (χ4n) is 1.62.